The molecule has 0 aliphatic rings. The van der Waals surface area contributed by atoms with Crippen molar-refractivity contribution in [2.75, 3.05) is 36.1 Å². The van der Waals surface area contributed by atoms with Crippen molar-refractivity contribution < 1.29 is 27.5 Å². The number of nitrogens with two attached hydrogens (primary N) is 1. The molecule has 5 N–H and O–H groups in total. The molecule has 204 valence electrons. The van der Waals surface area contributed by atoms with E-state index in [0.29, 0.717) is 47.7 Å². The Kier molecular flexibility index (Phi) is 8.24. The van der Waals surface area contributed by atoms with E-state index in [1.165, 1.54) is 16.9 Å². The molecule has 0 atom stereocenters. The van der Waals surface area contributed by atoms with E-state index in [-0.39, 0.29) is 17.5 Å². The number of nitrogen functional groups attached to an aromatic ring is 1. The van der Waals surface area contributed by atoms with Gasteiger partial charge in [-0.3, -0.25) is 10.1 Å². The minimum atomic E-state index is -4.64. The van der Waals surface area contributed by atoms with Gasteiger partial charge in [0.25, 0.3) is 5.91 Å². The maximum atomic E-state index is 13.0. The molecule has 0 aliphatic carbocycles. The summed E-state index contributed by atoms with van der Waals surface area (Å²) in [6.07, 6.45) is -0.945. The van der Waals surface area contributed by atoms with Gasteiger partial charge >= 0.3 is 12.2 Å². The third-order valence-electron chi connectivity index (χ3n) is 5.44. The SMILES string of the molecule is CCCOCCNC(=O)c1cn2ncnc(N)c2c1-c1ccc(NC(=O)Nc2cccc(C(F)(F)F)n2)cc1. The second-order valence-corrected chi connectivity index (χ2v) is 8.29. The van der Waals surface area contributed by atoms with Crippen LogP contribution >= 0.6 is 0 Å². The summed E-state index contributed by atoms with van der Waals surface area (Å²) in [5.74, 6) is -0.448. The normalized spacial score (nSPS) is 11.4. The van der Waals surface area contributed by atoms with Crippen LogP contribution in [0.3, 0.4) is 0 Å². The van der Waals surface area contributed by atoms with E-state index in [9.17, 15) is 22.8 Å². The van der Waals surface area contributed by atoms with Gasteiger partial charge in [-0.15, -0.1) is 0 Å². The third-order valence-corrected chi connectivity index (χ3v) is 5.44. The molecule has 0 saturated heterocycles. The van der Waals surface area contributed by atoms with E-state index < -0.39 is 17.9 Å². The molecular weight excluding hydrogens is 517 g/mol. The van der Waals surface area contributed by atoms with E-state index >= 15 is 0 Å². The number of fused-ring (bicyclic) bond motifs is 1. The smallest absolute Gasteiger partial charge is 0.382 e. The summed E-state index contributed by atoms with van der Waals surface area (Å²) >= 11 is 0. The third kappa shape index (κ3) is 6.59. The maximum absolute atomic E-state index is 13.0. The quantitative estimate of drug-likeness (QED) is 0.232. The van der Waals surface area contributed by atoms with Gasteiger partial charge in [-0.2, -0.15) is 18.3 Å². The Morgan fingerprint density at radius 3 is 2.56 bits per heavy atom. The number of pyridine rings is 1. The number of alkyl halides is 3. The molecule has 3 amide bonds. The topological polar surface area (TPSA) is 149 Å². The van der Waals surface area contributed by atoms with E-state index in [4.69, 9.17) is 10.5 Å². The molecule has 4 aromatic rings. The average molecular weight is 543 g/mol. The van der Waals surface area contributed by atoms with Gasteiger partial charge in [-0.1, -0.05) is 25.1 Å². The molecule has 3 aromatic heterocycles. The van der Waals surface area contributed by atoms with Crippen LogP contribution in [0.25, 0.3) is 16.6 Å². The Hall–Kier alpha value is -4.72. The summed E-state index contributed by atoms with van der Waals surface area (Å²) in [6.45, 7) is 3.26. The molecule has 0 saturated carbocycles. The van der Waals surface area contributed by atoms with Gasteiger partial charge in [-0.05, 0) is 36.2 Å². The van der Waals surface area contributed by atoms with Crippen LogP contribution in [0.2, 0.25) is 0 Å². The lowest BCUT2D eigenvalue weighted by Gasteiger charge is -2.11. The van der Waals surface area contributed by atoms with Crippen molar-refractivity contribution in [1.82, 2.24) is 24.9 Å². The molecule has 14 heteroatoms. The highest BCUT2D eigenvalue weighted by Gasteiger charge is 2.32. The fourth-order valence-corrected chi connectivity index (χ4v) is 3.74. The number of aromatic nitrogens is 4. The monoisotopic (exact) mass is 542 g/mol. The maximum Gasteiger partial charge on any atom is 0.433 e. The van der Waals surface area contributed by atoms with Crippen LogP contribution in [-0.4, -0.2) is 51.3 Å². The molecular formula is C25H25F3N8O3. The molecule has 0 bridgehead atoms. The number of nitrogens with one attached hydrogen (secondary N) is 3. The van der Waals surface area contributed by atoms with Crippen molar-refractivity contribution >= 4 is 34.8 Å². The van der Waals surface area contributed by atoms with Gasteiger partial charge in [0.05, 0.1) is 12.2 Å². The van der Waals surface area contributed by atoms with Crippen LogP contribution in [0.4, 0.5) is 35.3 Å². The van der Waals surface area contributed by atoms with Crippen molar-refractivity contribution in [2.45, 2.75) is 19.5 Å². The van der Waals surface area contributed by atoms with Crippen molar-refractivity contribution in [3.8, 4) is 11.1 Å². The Labute approximate surface area is 220 Å². The molecule has 39 heavy (non-hydrogen) atoms. The summed E-state index contributed by atoms with van der Waals surface area (Å²) in [4.78, 5) is 32.8. The standard InChI is InChI=1S/C25H25F3N8O3/c1-2-11-39-12-10-30-23(37)17-13-36-21(22(29)31-14-32-36)20(17)15-6-8-16(9-7-15)33-24(38)35-19-5-3-4-18(34-19)25(26,27)28/h3-9,13-14H,2,10-12H2,1H3,(H,30,37)(H2,29,31,32)(H2,33,34,35,38). The van der Waals surface area contributed by atoms with Crippen molar-refractivity contribution in [1.29, 1.82) is 0 Å². The lowest BCUT2D eigenvalue weighted by Crippen LogP contribution is -2.27. The fraction of sp³-hybridized carbons (Fsp3) is 0.240. The Morgan fingerprint density at radius 1 is 1.08 bits per heavy atom. The van der Waals surface area contributed by atoms with Gasteiger partial charge in [0, 0.05) is 30.6 Å². The number of carbonyl (C=O) groups is 2. The van der Waals surface area contributed by atoms with E-state index in [1.54, 1.807) is 30.5 Å². The number of urea groups is 1. The predicted molar refractivity (Wildman–Crippen MR) is 138 cm³/mol. The first-order chi connectivity index (χ1) is 18.7. The first-order valence-corrected chi connectivity index (χ1v) is 11.9. The zero-order valence-electron chi connectivity index (χ0n) is 20.7. The molecule has 0 unspecified atom stereocenters. The van der Waals surface area contributed by atoms with Gasteiger partial charge in [-0.25, -0.2) is 19.3 Å². The largest absolute Gasteiger partial charge is 0.433 e. The lowest BCUT2D eigenvalue weighted by molar-refractivity contribution is -0.141. The summed E-state index contributed by atoms with van der Waals surface area (Å²) in [5.41, 5.74) is 7.15. The van der Waals surface area contributed by atoms with Crippen LogP contribution in [0.15, 0.2) is 55.0 Å². The number of carbonyl (C=O) groups excluding carboxylic acids is 2. The highest BCUT2D eigenvalue weighted by Crippen LogP contribution is 2.33. The highest BCUT2D eigenvalue weighted by molar-refractivity contribution is 6.07. The summed E-state index contributed by atoms with van der Waals surface area (Å²) < 4.78 is 45.5. The Bertz CT molecular complexity index is 1470. The molecule has 0 spiro atoms. The summed E-state index contributed by atoms with van der Waals surface area (Å²) in [7, 11) is 0. The number of amides is 3. The van der Waals surface area contributed by atoms with Gasteiger partial charge in [0.15, 0.2) is 5.82 Å². The molecule has 0 radical (unpaired) electrons. The van der Waals surface area contributed by atoms with Crippen molar-refractivity contribution in [3.63, 3.8) is 0 Å². The second-order valence-electron chi connectivity index (χ2n) is 8.29. The van der Waals surface area contributed by atoms with Gasteiger partial charge < -0.3 is 21.1 Å². The number of hydrogen-bond acceptors (Lipinski definition) is 7. The van der Waals surface area contributed by atoms with E-state index in [0.717, 1.165) is 18.6 Å². The molecule has 4 rings (SSSR count). The van der Waals surface area contributed by atoms with E-state index in [2.05, 4.69) is 31.0 Å². The van der Waals surface area contributed by atoms with Gasteiger partial charge in [0.2, 0.25) is 0 Å². The number of ether oxygens (including phenoxy) is 1. The minimum Gasteiger partial charge on any atom is -0.382 e. The predicted octanol–water partition coefficient (Wildman–Crippen LogP) is 4.19. The first kappa shape index (κ1) is 27.3. The van der Waals surface area contributed by atoms with Crippen LogP contribution in [-0.2, 0) is 10.9 Å². The zero-order valence-corrected chi connectivity index (χ0v) is 20.7. The molecule has 11 nitrogen and oxygen atoms in total. The fourth-order valence-electron chi connectivity index (χ4n) is 3.74. The van der Waals surface area contributed by atoms with Crippen LogP contribution < -0.4 is 21.7 Å². The number of halogens is 3. The minimum absolute atomic E-state index is 0.167. The number of benzene rings is 1. The Morgan fingerprint density at radius 2 is 1.85 bits per heavy atom. The molecule has 3 heterocycles. The highest BCUT2D eigenvalue weighted by atomic mass is 19.4. The number of rotatable bonds is 9. The lowest BCUT2D eigenvalue weighted by atomic mass is 10.0. The van der Waals surface area contributed by atoms with Crippen LogP contribution in [0, 0.1) is 0 Å². The number of anilines is 3. The van der Waals surface area contributed by atoms with E-state index in [1.807, 2.05) is 6.92 Å². The molecule has 1 aromatic carbocycles. The first-order valence-electron chi connectivity index (χ1n) is 11.9. The van der Waals surface area contributed by atoms with Crippen LogP contribution in [0.1, 0.15) is 29.4 Å². The van der Waals surface area contributed by atoms with Gasteiger partial charge in [0.1, 0.15) is 23.4 Å². The molecule has 0 fully saturated rings. The van der Waals surface area contributed by atoms with Crippen molar-refractivity contribution in [3.05, 3.63) is 66.2 Å². The second kappa shape index (κ2) is 11.8. The van der Waals surface area contributed by atoms with Crippen LogP contribution in [0.5, 0.6) is 0 Å². The summed E-state index contributed by atoms with van der Waals surface area (Å²) in [6, 6.07) is 8.85. The van der Waals surface area contributed by atoms with Crippen molar-refractivity contribution in [2.24, 2.45) is 0 Å². The number of nitrogens with zero attached hydrogens (tertiary/aromatic N) is 4. The zero-order chi connectivity index (χ0) is 28.0. The number of hydrogen-bond donors (Lipinski definition) is 4. The Balaban J connectivity index is 1.52. The summed E-state index contributed by atoms with van der Waals surface area (Å²) in [5, 5.41) is 11.8. The molecule has 0 aliphatic heterocycles. The average Bonchev–Trinajstić information content (AvgIpc) is 3.30.